The number of benzene rings is 2. The minimum atomic E-state index is -0.0396. The highest BCUT2D eigenvalue weighted by Gasteiger charge is 2.05. The van der Waals surface area contributed by atoms with Crippen molar-refractivity contribution < 1.29 is 4.79 Å². The Morgan fingerprint density at radius 3 is 2.64 bits per heavy atom. The molecule has 1 N–H and O–H groups in total. The molecule has 0 unspecified atom stereocenters. The Kier molecular flexibility index (Phi) is 4.75. The molecule has 0 saturated heterocycles. The molecule has 0 spiro atoms. The van der Waals surface area contributed by atoms with E-state index in [2.05, 4.69) is 26.2 Å². The molecule has 0 bridgehead atoms. The van der Waals surface area contributed by atoms with Crippen molar-refractivity contribution >= 4 is 50.2 Å². The summed E-state index contributed by atoms with van der Waals surface area (Å²) in [6.45, 7) is 0. The smallest absolute Gasteiger partial charge is 0.234 e. The number of amides is 1. The van der Waals surface area contributed by atoms with Crippen molar-refractivity contribution in [2.75, 3.05) is 11.1 Å². The number of thioether (sulfide) groups is 1. The fourth-order valence-corrected chi connectivity index (χ4v) is 2.94. The maximum Gasteiger partial charge on any atom is 0.234 e. The minimum absolute atomic E-state index is 0.0396. The summed E-state index contributed by atoms with van der Waals surface area (Å²) in [4.78, 5) is 16.5. The van der Waals surface area contributed by atoms with Gasteiger partial charge in [0.2, 0.25) is 5.91 Å². The molecule has 3 rings (SSSR count). The van der Waals surface area contributed by atoms with Crippen molar-refractivity contribution in [3.05, 3.63) is 65.1 Å². The van der Waals surface area contributed by atoms with Crippen LogP contribution in [0.5, 0.6) is 0 Å². The number of halogens is 1. The molecule has 0 aliphatic carbocycles. The molecule has 1 aromatic heterocycles. The Labute approximate surface area is 141 Å². The molecule has 0 aliphatic heterocycles. The number of carbonyl (C=O) groups is 1. The van der Waals surface area contributed by atoms with Crippen LogP contribution in [0.25, 0.3) is 10.9 Å². The highest BCUT2D eigenvalue weighted by atomic mass is 79.9. The zero-order valence-corrected chi connectivity index (χ0v) is 14.0. The number of pyridine rings is 1. The van der Waals surface area contributed by atoms with E-state index in [1.54, 1.807) is 0 Å². The molecule has 5 heteroatoms. The average molecular weight is 373 g/mol. The third-order valence-electron chi connectivity index (χ3n) is 3.05. The third kappa shape index (κ3) is 3.87. The second-order valence-electron chi connectivity index (χ2n) is 4.69. The molecule has 0 aliphatic rings. The first-order chi connectivity index (χ1) is 10.7. The second-order valence-corrected chi connectivity index (χ2v) is 6.60. The Hall–Kier alpha value is -1.85. The van der Waals surface area contributed by atoms with Crippen molar-refractivity contribution in [1.82, 2.24) is 4.98 Å². The van der Waals surface area contributed by atoms with Crippen molar-refractivity contribution in [3.63, 3.8) is 0 Å². The van der Waals surface area contributed by atoms with Gasteiger partial charge in [-0.15, -0.1) is 0 Å². The molecule has 0 radical (unpaired) electrons. The van der Waals surface area contributed by atoms with Gasteiger partial charge in [-0.25, -0.2) is 4.98 Å². The van der Waals surface area contributed by atoms with Gasteiger partial charge >= 0.3 is 0 Å². The van der Waals surface area contributed by atoms with E-state index in [0.717, 1.165) is 26.1 Å². The summed E-state index contributed by atoms with van der Waals surface area (Å²) >= 11 is 4.80. The van der Waals surface area contributed by atoms with Gasteiger partial charge < -0.3 is 5.32 Å². The lowest BCUT2D eigenvalue weighted by molar-refractivity contribution is -0.113. The summed E-state index contributed by atoms with van der Waals surface area (Å²) in [7, 11) is 0. The van der Waals surface area contributed by atoms with Gasteiger partial charge in [-0.1, -0.05) is 52.0 Å². The number of hydrogen-bond donors (Lipinski definition) is 1. The molecular formula is C17H13BrN2OS. The molecule has 0 saturated carbocycles. The third-order valence-corrected chi connectivity index (χ3v) is 4.51. The van der Waals surface area contributed by atoms with Gasteiger partial charge in [0.15, 0.2) is 0 Å². The van der Waals surface area contributed by atoms with Crippen LogP contribution < -0.4 is 5.32 Å². The highest BCUT2D eigenvalue weighted by molar-refractivity contribution is 9.10. The van der Waals surface area contributed by atoms with Crippen LogP contribution in [0.3, 0.4) is 0 Å². The minimum Gasteiger partial charge on any atom is -0.325 e. The second kappa shape index (κ2) is 6.94. The van der Waals surface area contributed by atoms with E-state index in [0.29, 0.717) is 5.75 Å². The summed E-state index contributed by atoms with van der Waals surface area (Å²) in [5.41, 5.74) is 1.74. The molecule has 1 heterocycles. The number of rotatable bonds is 4. The lowest BCUT2D eigenvalue weighted by atomic mass is 10.2. The van der Waals surface area contributed by atoms with Gasteiger partial charge in [-0.3, -0.25) is 4.79 Å². The van der Waals surface area contributed by atoms with E-state index < -0.39 is 0 Å². The lowest BCUT2D eigenvalue weighted by Crippen LogP contribution is -2.13. The van der Waals surface area contributed by atoms with Crippen LogP contribution in [-0.2, 0) is 4.79 Å². The van der Waals surface area contributed by atoms with Crippen LogP contribution in [0, 0.1) is 0 Å². The van der Waals surface area contributed by atoms with Crippen molar-refractivity contribution in [2.45, 2.75) is 5.03 Å². The van der Waals surface area contributed by atoms with Gasteiger partial charge in [0.05, 0.1) is 16.3 Å². The molecular weight excluding hydrogens is 360 g/mol. The first kappa shape index (κ1) is 15.1. The number of aromatic nitrogens is 1. The summed E-state index contributed by atoms with van der Waals surface area (Å²) < 4.78 is 0.986. The molecule has 1 amide bonds. The van der Waals surface area contributed by atoms with Crippen LogP contribution in [0.1, 0.15) is 0 Å². The Bertz CT molecular complexity index is 805. The first-order valence-electron chi connectivity index (χ1n) is 6.75. The Balaban J connectivity index is 1.60. The number of carbonyl (C=O) groups excluding carboxylic acids is 1. The monoisotopic (exact) mass is 372 g/mol. The summed E-state index contributed by atoms with van der Waals surface area (Å²) in [6.07, 6.45) is 0. The van der Waals surface area contributed by atoms with E-state index in [-0.39, 0.29) is 5.91 Å². The number of nitrogens with zero attached hydrogens (tertiary/aromatic N) is 1. The van der Waals surface area contributed by atoms with Crippen LogP contribution in [0.2, 0.25) is 0 Å². The Morgan fingerprint density at radius 2 is 1.82 bits per heavy atom. The van der Waals surface area contributed by atoms with Crippen LogP contribution >= 0.6 is 27.7 Å². The topological polar surface area (TPSA) is 42.0 Å². The van der Waals surface area contributed by atoms with Crippen LogP contribution in [0.15, 0.2) is 70.2 Å². The molecule has 0 atom stereocenters. The SMILES string of the molecule is O=C(CSc1ccc2ccccc2n1)Nc1ccc(Br)cc1. The fraction of sp³-hybridized carbons (Fsp3) is 0.0588. The van der Waals surface area contributed by atoms with Gasteiger partial charge in [-0.05, 0) is 36.4 Å². The number of fused-ring (bicyclic) bond motifs is 1. The number of para-hydroxylation sites is 1. The summed E-state index contributed by atoms with van der Waals surface area (Å²) in [6, 6.07) is 19.4. The predicted octanol–water partition coefficient (Wildman–Crippen LogP) is 4.73. The number of anilines is 1. The van der Waals surface area contributed by atoms with E-state index in [9.17, 15) is 4.79 Å². The molecule has 3 nitrogen and oxygen atoms in total. The van der Waals surface area contributed by atoms with E-state index in [1.807, 2.05) is 60.7 Å². The normalized spacial score (nSPS) is 10.6. The zero-order valence-electron chi connectivity index (χ0n) is 11.6. The molecule has 22 heavy (non-hydrogen) atoms. The maximum absolute atomic E-state index is 12.0. The van der Waals surface area contributed by atoms with E-state index >= 15 is 0 Å². The van der Waals surface area contributed by atoms with Gasteiger partial charge in [0.25, 0.3) is 0 Å². The van der Waals surface area contributed by atoms with Gasteiger partial charge in [0.1, 0.15) is 0 Å². The summed E-state index contributed by atoms with van der Waals surface area (Å²) in [5, 5.41) is 4.82. The molecule has 0 fully saturated rings. The first-order valence-corrected chi connectivity index (χ1v) is 8.52. The van der Waals surface area contributed by atoms with E-state index in [1.165, 1.54) is 11.8 Å². The summed E-state index contributed by atoms with van der Waals surface area (Å²) in [5.74, 6) is 0.295. The lowest BCUT2D eigenvalue weighted by Gasteiger charge is -2.05. The Morgan fingerprint density at radius 1 is 1.05 bits per heavy atom. The average Bonchev–Trinajstić information content (AvgIpc) is 2.55. The van der Waals surface area contributed by atoms with Crippen LogP contribution in [0.4, 0.5) is 5.69 Å². The van der Waals surface area contributed by atoms with Crippen LogP contribution in [-0.4, -0.2) is 16.6 Å². The zero-order chi connectivity index (χ0) is 15.4. The fourth-order valence-electron chi connectivity index (χ4n) is 2.00. The standard InChI is InChI=1S/C17H13BrN2OS/c18-13-6-8-14(9-7-13)19-16(21)11-22-17-10-5-12-3-1-2-4-15(12)20-17/h1-10H,11H2,(H,19,21). The number of hydrogen-bond acceptors (Lipinski definition) is 3. The highest BCUT2D eigenvalue weighted by Crippen LogP contribution is 2.20. The molecule has 2 aromatic carbocycles. The van der Waals surface area contributed by atoms with Crippen molar-refractivity contribution in [1.29, 1.82) is 0 Å². The van der Waals surface area contributed by atoms with Crippen molar-refractivity contribution in [2.24, 2.45) is 0 Å². The number of nitrogens with one attached hydrogen (secondary N) is 1. The van der Waals surface area contributed by atoms with Crippen molar-refractivity contribution in [3.8, 4) is 0 Å². The quantitative estimate of drug-likeness (QED) is 0.673. The van der Waals surface area contributed by atoms with Gasteiger partial charge in [0, 0.05) is 15.5 Å². The predicted molar refractivity (Wildman–Crippen MR) is 95.2 cm³/mol. The van der Waals surface area contributed by atoms with E-state index in [4.69, 9.17) is 0 Å². The maximum atomic E-state index is 12.0. The molecule has 3 aromatic rings. The van der Waals surface area contributed by atoms with Gasteiger partial charge in [-0.2, -0.15) is 0 Å². The molecule has 110 valence electrons. The largest absolute Gasteiger partial charge is 0.325 e.